The highest BCUT2D eigenvalue weighted by atomic mass is 19.4. The fourth-order valence-electron chi connectivity index (χ4n) is 1.84. The van der Waals surface area contributed by atoms with Crippen LogP contribution in [0, 0.1) is 5.92 Å². The molecular weight excluding hydrogens is 166 g/mol. The van der Waals surface area contributed by atoms with Gasteiger partial charge < -0.3 is 4.90 Å². The molecule has 5 heteroatoms. The molecule has 0 radical (unpaired) electrons. The first kappa shape index (κ1) is 9.90. The van der Waals surface area contributed by atoms with Gasteiger partial charge in [-0.1, -0.05) is 0 Å². The lowest BCUT2D eigenvalue weighted by atomic mass is 9.72. The maximum absolute atomic E-state index is 12.3. The maximum Gasteiger partial charge on any atom is 0.391 e. The fourth-order valence-corrected chi connectivity index (χ4v) is 1.84. The summed E-state index contributed by atoms with van der Waals surface area (Å²) in [5.41, 5.74) is 0. The van der Waals surface area contributed by atoms with Gasteiger partial charge in [-0.05, 0) is 32.4 Å². The largest absolute Gasteiger partial charge is 0.391 e. The van der Waals surface area contributed by atoms with Gasteiger partial charge in [0.2, 0.25) is 0 Å². The Kier molecular flexibility index (Phi) is 2.71. The molecule has 70 valence electrons. The predicted octanol–water partition coefficient (Wildman–Crippen LogP) is 0.922. The highest BCUT2D eigenvalue weighted by Gasteiger charge is 2.44. The van der Waals surface area contributed by atoms with Crippen LogP contribution < -0.4 is 0 Å². The van der Waals surface area contributed by atoms with Crippen LogP contribution in [-0.4, -0.2) is 39.1 Å². The number of piperidine rings is 1. The van der Waals surface area contributed by atoms with Crippen molar-refractivity contribution in [1.29, 1.82) is 0 Å². The number of rotatable bonds is 0. The number of alkyl halides is 3. The standard InChI is InChI=1S/C7H13BF3N/c1-12-3-2-5(6(8)4-12)7(9,10)11/h5-6H,2-4,8H2,1H3. The molecule has 2 unspecified atom stereocenters. The number of likely N-dealkylation sites (tertiary alicyclic amines) is 1. The number of hydrogen-bond acceptors (Lipinski definition) is 1. The minimum absolute atomic E-state index is 0.251. The SMILES string of the molecule is BC1CN(C)CCC1C(F)(F)F. The van der Waals surface area contributed by atoms with Gasteiger partial charge >= 0.3 is 6.18 Å². The van der Waals surface area contributed by atoms with Crippen molar-refractivity contribution < 1.29 is 13.2 Å². The second-order valence-corrected chi connectivity index (χ2v) is 3.68. The van der Waals surface area contributed by atoms with Gasteiger partial charge in [-0.2, -0.15) is 13.2 Å². The molecule has 0 bridgehead atoms. The minimum Gasteiger partial charge on any atom is -0.307 e. The van der Waals surface area contributed by atoms with Crippen LogP contribution in [0.4, 0.5) is 13.2 Å². The topological polar surface area (TPSA) is 3.24 Å². The smallest absolute Gasteiger partial charge is 0.307 e. The second kappa shape index (κ2) is 3.28. The van der Waals surface area contributed by atoms with Crippen molar-refractivity contribution in [2.75, 3.05) is 20.1 Å². The third-order valence-corrected chi connectivity index (χ3v) is 2.53. The Morgan fingerprint density at radius 3 is 2.42 bits per heavy atom. The molecule has 0 aromatic rings. The lowest BCUT2D eigenvalue weighted by Crippen LogP contribution is -2.41. The molecule has 0 saturated carbocycles. The minimum atomic E-state index is -4.00. The molecule has 1 aliphatic rings. The van der Waals surface area contributed by atoms with Crippen LogP contribution in [0.15, 0.2) is 0 Å². The van der Waals surface area contributed by atoms with Crippen LogP contribution in [0.2, 0.25) is 5.82 Å². The molecule has 0 aromatic carbocycles. The summed E-state index contributed by atoms with van der Waals surface area (Å²) in [6.45, 7) is 1.12. The first-order chi connectivity index (χ1) is 5.41. The first-order valence-electron chi connectivity index (χ1n) is 4.16. The average molecular weight is 179 g/mol. The van der Waals surface area contributed by atoms with Crippen molar-refractivity contribution in [3.8, 4) is 0 Å². The molecule has 1 rings (SSSR count). The van der Waals surface area contributed by atoms with Gasteiger partial charge in [0, 0.05) is 0 Å². The highest BCUT2D eigenvalue weighted by molar-refractivity contribution is 6.12. The Morgan fingerprint density at radius 2 is 2.00 bits per heavy atom. The fraction of sp³-hybridized carbons (Fsp3) is 1.00. The maximum atomic E-state index is 12.3. The Bertz CT molecular complexity index is 159. The van der Waals surface area contributed by atoms with E-state index in [1.807, 2.05) is 11.9 Å². The number of halogens is 3. The van der Waals surface area contributed by atoms with Crippen LogP contribution in [0.1, 0.15) is 6.42 Å². The third kappa shape index (κ3) is 2.15. The summed E-state index contributed by atoms with van der Waals surface area (Å²) in [6, 6.07) is 0. The van der Waals surface area contributed by atoms with Gasteiger partial charge in [-0.15, -0.1) is 0 Å². The lowest BCUT2D eigenvalue weighted by molar-refractivity contribution is -0.183. The van der Waals surface area contributed by atoms with E-state index in [1.54, 1.807) is 7.85 Å². The summed E-state index contributed by atoms with van der Waals surface area (Å²) in [6.07, 6.45) is -3.75. The van der Waals surface area contributed by atoms with Crippen molar-refractivity contribution in [2.45, 2.75) is 18.4 Å². The van der Waals surface area contributed by atoms with E-state index in [2.05, 4.69) is 0 Å². The zero-order valence-corrected chi connectivity index (χ0v) is 7.36. The summed E-state index contributed by atoms with van der Waals surface area (Å²) in [7, 11) is 3.54. The number of nitrogens with zero attached hydrogens (tertiary/aromatic N) is 1. The summed E-state index contributed by atoms with van der Waals surface area (Å²) < 4.78 is 36.9. The molecule has 1 nitrogen and oxygen atoms in total. The molecular formula is C7H13BF3N. The molecule has 1 fully saturated rings. The van der Waals surface area contributed by atoms with E-state index in [-0.39, 0.29) is 12.2 Å². The van der Waals surface area contributed by atoms with Crippen LogP contribution in [0.5, 0.6) is 0 Å². The first-order valence-corrected chi connectivity index (χ1v) is 4.16. The van der Waals surface area contributed by atoms with E-state index in [0.29, 0.717) is 13.1 Å². The summed E-state index contributed by atoms with van der Waals surface area (Å²) >= 11 is 0. The van der Waals surface area contributed by atoms with Crippen molar-refractivity contribution in [1.82, 2.24) is 4.90 Å². The molecule has 1 heterocycles. The lowest BCUT2D eigenvalue weighted by Gasteiger charge is -2.35. The van der Waals surface area contributed by atoms with Crippen LogP contribution in [-0.2, 0) is 0 Å². The van der Waals surface area contributed by atoms with E-state index < -0.39 is 12.1 Å². The van der Waals surface area contributed by atoms with Gasteiger partial charge in [-0.25, -0.2) is 0 Å². The highest BCUT2D eigenvalue weighted by Crippen LogP contribution is 2.38. The van der Waals surface area contributed by atoms with Gasteiger partial charge in [-0.3, -0.25) is 0 Å². The normalized spacial score (nSPS) is 33.7. The molecule has 0 amide bonds. The van der Waals surface area contributed by atoms with Crippen molar-refractivity contribution in [2.24, 2.45) is 5.92 Å². The van der Waals surface area contributed by atoms with E-state index >= 15 is 0 Å². The molecule has 0 aliphatic carbocycles. The van der Waals surface area contributed by atoms with Crippen molar-refractivity contribution >= 4 is 7.85 Å². The van der Waals surface area contributed by atoms with E-state index in [9.17, 15) is 13.2 Å². The summed E-state index contributed by atoms with van der Waals surface area (Å²) in [4.78, 5) is 1.95. The van der Waals surface area contributed by atoms with Crippen LogP contribution in [0.25, 0.3) is 0 Å². The molecule has 1 aliphatic heterocycles. The monoisotopic (exact) mass is 179 g/mol. The summed E-state index contributed by atoms with van der Waals surface area (Å²) in [5.74, 6) is -1.35. The van der Waals surface area contributed by atoms with E-state index in [4.69, 9.17) is 0 Å². The van der Waals surface area contributed by atoms with Crippen LogP contribution in [0.3, 0.4) is 0 Å². The second-order valence-electron chi connectivity index (χ2n) is 3.68. The Labute approximate surface area is 71.3 Å². The van der Waals surface area contributed by atoms with E-state index in [1.165, 1.54) is 0 Å². The number of hydrogen-bond donors (Lipinski definition) is 0. The predicted molar refractivity (Wildman–Crippen MR) is 44.0 cm³/mol. The molecule has 12 heavy (non-hydrogen) atoms. The molecule has 0 spiro atoms. The molecule has 1 saturated heterocycles. The zero-order valence-electron chi connectivity index (χ0n) is 7.36. The van der Waals surface area contributed by atoms with Crippen molar-refractivity contribution in [3.63, 3.8) is 0 Å². The van der Waals surface area contributed by atoms with Crippen LogP contribution >= 0.6 is 0 Å². The quantitative estimate of drug-likeness (QED) is 0.500. The Hall–Kier alpha value is -0.185. The molecule has 2 atom stereocenters. The molecule has 0 N–H and O–H groups in total. The zero-order chi connectivity index (χ0) is 9.35. The van der Waals surface area contributed by atoms with Gasteiger partial charge in [0.1, 0.15) is 7.85 Å². The average Bonchev–Trinajstić information content (AvgIpc) is 1.83. The van der Waals surface area contributed by atoms with E-state index in [0.717, 1.165) is 0 Å². The van der Waals surface area contributed by atoms with Gasteiger partial charge in [0.25, 0.3) is 0 Å². The summed E-state index contributed by atoms with van der Waals surface area (Å²) in [5, 5.41) is 0. The third-order valence-electron chi connectivity index (χ3n) is 2.53. The van der Waals surface area contributed by atoms with Crippen molar-refractivity contribution in [3.05, 3.63) is 0 Å². The molecule has 0 aromatic heterocycles. The van der Waals surface area contributed by atoms with Gasteiger partial charge in [0.05, 0.1) is 5.92 Å². The Morgan fingerprint density at radius 1 is 1.42 bits per heavy atom. The van der Waals surface area contributed by atoms with Gasteiger partial charge in [0.15, 0.2) is 0 Å². The Balaban J connectivity index is 2.57.